The number of aromatic nitrogens is 1. The number of likely N-dealkylation sites (tertiary alicyclic amines) is 1. The first-order valence-corrected chi connectivity index (χ1v) is 8.41. The van der Waals surface area contributed by atoms with Gasteiger partial charge in [-0.25, -0.2) is 4.79 Å². The molecular formula is C17H17BrN2O4. The van der Waals surface area contributed by atoms with Crippen molar-refractivity contribution in [3.05, 3.63) is 40.0 Å². The van der Waals surface area contributed by atoms with Crippen molar-refractivity contribution >= 4 is 38.7 Å². The number of piperidine rings is 1. The Labute approximate surface area is 147 Å². The van der Waals surface area contributed by atoms with Gasteiger partial charge >= 0.3 is 5.97 Å². The molecular weight excluding hydrogens is 376 g/mol. The van der Waals surface area contributed by atoms with Gasteiger partial charge < -0.3 is 15.1 Å². The molecule has 126 valence electrons. The molecule has 0 atom stereocenters. The molecule has 0 spiro atoms. The summed E-state index contributed by atoms with van der Waals surface area (Å²) in [5, 5.41) is 19.8. The highest BCUT2D eigenvalue weighted by Gasteiger charge is 2.40. The predicted molar refractivity (Wildman–Crippen MR) is 91.9 cm³/mol. The average Bonchev–Trinajstić information content (AvgIpc) is 2.54. The van der Waals surface area contributed by atoms with E-state index in [1.54, 1.807) is 11.0 Å². The second-order valence-electron chi connectivity index (χ2n) is 6.10. The maximum atomic E-state index is 12.9. The van der Waals surface area contributed by atoms with E-state index in [-0.39, 0.29) is 31.8 Å². The molecule has 7 heteroatoms. The van der Waals surface area contributed by atoms with E-state index in [1.165, 1.54) is 0 Å². The molecule has 1 fully saturated rings. The number of amides is 1. The van der Waals surface area contributed by atoms with E-state index in [4.69, 9.17) is 5.11 Å². The number of aryl methyl sites for hydroxylation is 1. The monoisotopic (exact) mass is 392 g/mol. The molecule has 2 heterocycles. The fourth-order valence-electron chi connectivity index (χ4n) is 2.97. The molecule has 2 aromatic rings. The molecule has 0 aliphatic carbocycles. The minimum atomic E-state index is -1.74. The number of fused-ring (bicyclic) bond motifs is 1. The van der Waals surface area contributed by atoms with Gasteiger partial charge in [-0.3, -0.25) is 9.78 Å². The summed E-state index contributed by atoms with van der Waals surface area (Å²) in [6, 6.07) is 7.32. The second-order valence-corrected chi connectivity index (χ2v) is 7.02. The average molecular weight is 393 g/mol. The largest absolute Gasteiger partial charge is 0.479 e. The molecule has 1 saturated heterocycles. The Bertz CT molecular complexity index is 829. The van der Waals surface area contributed by atoms with Crippen LogP contribution in [0, 0.1) is 6.92 Å². The molecule has 1 aromatic carbocycles. The van der Waals surface area contributed by atoms with Gasteiger partial charge in [-0.1, -0.05) is 15.9 Å². The van der Waals surface area contributed by atoms with Crippen molar-refractivity contribution in [2.24, 2.45) is 0 Å². The van der Waals surface area contributed by atoms with E-state index in [0.29, 0.717) is 5.56 Å². The lowest BCUT2D eigenvalue weighted by Crippen LogP contribution is -2.50. The summed E-state index contributed by atoms with van der Waals surface area (Å²) >= 11 is 3.41. The molecule has 0 bridgehead atoms. The minimum absolute atomic E-state index is 0.0275. The number of aliphatic carboxylic acids is 1. The fraction of sp³-hybridized carbons (Fsp3) is 0.353. The molecule has 3 rings (SSSR count). The lowest BCUT2D eigenvalue weighted by molar-refractivity contribution is -0.162. The Balaban J connectivity index is 1.93. The maximum Gasteiger partial charge on any atom is 0.335 e. The van der Waals surface area contributed by atoms with Gasteiger partial charge in [0.2, 0.25) is 0 Å². The Morgan fingerprint density at radius 1 is 1.25 bits per heavy atom. The van der Waals surface area contributed by atoms with Crippen molar-refractivity contribution in [2.45, 2.75) is 25.4 Å². The molecule has 1 aromatic heterocycles. The van der Waals surface area contributed by atoms with Crippen LogP contribution in [0.15, 0.2) is 28.7 Å². The van der Waals surface area contributed by atoms with Crippen molar-refractivity contribution in [3.63, 3.8) is 0 Å². The molecule has 1 amide bonds. The predicted octanol–water partition coefficient (Wildman–Crippen LogP) is 2.36. The van der Waals surface area contributed by atoms with Crippen LogP contribution in [0.2, 0.25) is 0 Å². The van der Waals surface area contributed by atoms with Crippen molar-refractivity contribution in [2.75, 3.05) is 13.1 Å². The number of nitrogens with zero attached hydrogens (tertiary/aromatic N) is 2. The summed E-state index contributed by atoms with van der Waals surface area (Å²) in [7, 11) is 0. The number of carboxylic acids is 1. The van der Waals surface area contributed by atoms with Gasteiger partial charge in [0.25, 0.3) is 5.91 Å². The van der Waals surface area contributed by atoms with Crippen LogP contribution in [0.5, 0.6) is 0 Å². The number of rotatable bonds is 2. The van der Waals surface area contributed by atoms with Crippen molar-refractivity contribution in [1.82, 2.24) is 9.88 Å². The lowest BCUT2D eigenvalue weighted by Gasteiger charge is -2.35. The zero-order valence-corrected chi connectivity index (χ0v) is 14.7. The second kappa shape index (κ2) is 6.14. The van der Waals surface area contributed by atoms with Crippen LogP contribution >= 0.6 is 15.9 Å². The summed E-state index contributed by atoms with van der Waals surface area (Å²) in [5.41, 5.74) is 0.281. The van der Waals surface area contributed by atoms with Crippen LogP contribution in [0.1, 0.15) is 28.9 Å². The quantitative estimate of drug-likeness (QED) is 0.818. The molecule has 0 saturated carbocycles. The topological polar surface area (TPSA) is 90.7 Å². The molecule has 1 aliphatic heterocycles. The third-order valence-corrected chi connectivity index (χ3v) is 4.90. The summed E-state index contributed by atoms with van der Waals surface area (Å²) in [6.07, 6.45) is 0.0551. The molecule has 0 unspecified atom stereocenters. The first-order chi connectivity index (χ1) is 11.3. The third kappa shape index (κ3) is 3.01. The summed E-state index contributed by atoms with van der Waals surface area (Å²) in [6.45, 7) is 2.24. The zero-order chi connectivity index (χ0) is 17.5. The number of carbonyl (C=O) groups excluding carboxylic acids is 1. The highest BCUT2D eigenvalue weighted by atomic mass is 79.9. The van der Waals surface area contributed by atoms with Crippen LogP contribution < -0.4 is 0 Å². The van der Waals surface area contributed by atoms with Crippen molar-refractivity contribution in [3.8, 4) is 0 Å². The number of pyridine rings is 1. The number of aliphatic hydroxyl groups is 1. The molecule has 2 N–H and O–H groups in total. The van der Waals surface area contributed by atoms with Crippen LogP contribution in [0.25, 0.3) is 10.9 Å². The van der Waals surface area contributed by atoms with E-state index in [0.717, 1.165) is 21.1 Å². The summed E-state index contributed by atoms with van der Waals surface area (Å²) in [5.74, 6) is -1.40. The van der Waals surface area contributed by atoms with Crippen LogP contribution in [0.4, 0.5) is 0 Å². The number of benzene rings is 1. The van der Waals surface area contributed by atoms with Crippen LogP contribution in [-0.2, 0) is 4.79 Å². The van der Waals surface area contributed by atoms with E-state index < -0.39 is 11.6 Å². The van der Waals surface area contributed by atoms with Crippen LogP contribution in [-0.4, -0.2) is 50.7 Å². The maximum absolute atomic E-state index is 12.9. The van der Waals surface area contributed by atoms with Crippen molar-refractivity contribution in [1.29, 1.82) is 0 Å². The standard InChI is InChI=1S/C17H17BrN2O4/c1-10-8-13(12-9-11(18)2-3-14(12)19-10)15(21)20-6-4-17(24,5-7-20)16(22)23/h2-3,8-9,24H,4-7H2,1H3,(H,22,23). The van der Waals surface area contributed by atoms with Crippen LogP contribution in [0.3, 0.4) is 0 Å². The van der Waals surface area contributed by atoms with Gasteiger partial charge in [0.15, 0.2) is 5.60 Å². The Hall–Kier alpha value is -1.99. The van der Waals surface area contributed by atoms with E-state index in [9.17, 15) is 14.7 Å². The normalized spacial score (nSPS) is 17.0. The van der Waals surface area contributed by atoms with Gasteiger partial charge in [0.1, 0.15) is 0 Å². The first-order valence-electron chi connectivity index (χ1n) is 7.62. The van der Waals surface area contributed by atoms with Gasteiger partial charge in [-0.05, 0) is 31.2 Å². The molecule has 6 nitrogen and oxygen atoms in total. The first kappa shape index (κ1) is 16.9. The van der Waals surface area contributed by atoms with Gasteiger partial charge in [0.05, 0.1) is 11.1 Å². The van der Waals surface area contributed by atoms with E-state index >= 15 is 0 Å². The highest BCUT2D eigenvalue weighted by Crippen LogP contribution is 2.27. The van der Waals surface area contributed by atoms with Gasteiger partial charge in [-0.15, -0.1) is 0 Å². The summed E-state index contributed by atoms with van der Waals surface area (Å²) < 4.78 is 0.855. The molecule has 24 heavy (non-hydrogen) atoms. The number of hydrogen-bond acceptors (Lipinski definition) is 4. The van der Waals surface area contributed by atoms with Gasteiger partial charge in [-0.2, -0.15) is 0 Å². The smallest absolute Gasteiger partial charge is 0.335 e. The Morgan fingerprint density at radius 3 is 2.54 bits per heavy atom. The van der Waals surface area contributed by atoms with Gasteiger partial charge in [0, 0.05) is 41.5 Å². The number of carbonyl (C=O) groups is 2. The number of hydrogen-bond donors (Lipinski definition) is 2. The number of halogens is 1. The fourth-order valence-corrected chi connectivity index (χ4v) is 3.33. The highest BCUT2D eigenvalue weighted by molar-refractivity contribution is 9.10. The number of carboxylic acid groups (broad SMARTS) is 1. The molecule has 0 radical (unpaired) electrons. The molecule has 1 aliphatic rings. The Morgan fingerprint density at radius 2 is 1.92 bits per heavy atom. The van der Waals surface area contributed by atoms with E-state index in [1.807, 2.05) is 25.1 Å². The minimum Gasteiger partial charge on any atom is -0.479 e. The third-order valence-electron chi connectivity index (χ3n) is 4.41. The summed E-state index contributed by atoms with van der Waals surface area (Å²) in [4.78, 5) is 30.1. The zero-order valence-electron chi connectivity index (χ0n) is 13.1. The SMILES string of the molecule is Cc1cc(C(=O)N2CCC(O)(C(=O)O)CC2)c2cc(Br)ccc2n1. The van der Waals surface area contributed by atoms with E-state index in [2.05, 4.69) is 20.9 Å². The lowest BCUT2D eigenvalue weighted by atomic mass is 9.91. The Kier molecular flexibility index (Phi) is 4.31. The van der Waals surface area contributed by atoms with Crippen molar-refractivity contribution < 1.29 is 19.8 Å².